The Morgan fingerprint density at radius 3 is 2.16 bits per heavy atom. The predicted molar refractivity (Wildman–Crippen MR) is 130 cm³/mol. The van der Waals surface area contributed by atoms with Crippen LogP contribution in [0.2, 0.25) is 0 Å². The lowest BCUT2D eigenvalue weighted by Gasteiger charge is -2.27. The summed E-state index contributed by atoms with van der Waals surface area (Å²) in [5.41, 5.74) is 9.68. The zero-order valence-corrected chi connectivity index (χ0v) is 18.9. The summed E-state index contributed by atoms with van der Waals surface area (Å²) in [6.07, 6.45) is 1.95. The number of rotatable bonds is 12. The lowest BCUT2D eigenvalue weighted by Crippen LogP contribution is -2.31. The van der Waals surface area contributed by atoms with E-state index in [1.165, 1.54) is 5.56 Å². The topological polar surface area (TPSA) is 64.8 Å². The minimum absolute atomic E-state index is 0.0626. The molecule has 3 aromatic rings. The van der Waals surface area contributed by atoms with Crippen molar-refractivity contribution in [2.45, 2.75) is 26.4 Å². The van der Waals surface area contributed by atoms with Crippen molar-refractivity contribution in [3.05, 3.63) is 89.5 Å². The fraction of sp³-hybridized carbons (Fsp3) is 0.296. The van der Waals surface area contributed by atoms with Crippen LogP contribution >= 0.6 is 0 Å². The summed E-state index contributed by atoms with van der Waals surface area (Å²) < 4.78 is 11.7. The van der Waals surface area contributed by atoms with Crippen molar-refractivity contribution >= 4 is 11.5 Å². The van der Waals surface area contributed by atoms with Crippen molar-refractivity contribution < 1.29 is 14.3 Å². The Kier molecular flexibility index (Phi) is 8.70. The van der Waals surface area contributed by atoms with Gasteiger partial charge >= 0.3 is 0 Å². The maximum absolute atomic E-state index is 12.3. The van der Waals surface area contributed by atoms with E-state index < -0.39 is 0 Å². The first-order valence-electron chi connectivity index (χ1n) is 11.0. The molecule has 0 atom stereocenters. The van der Waals surface area contributed by atoms with E-state index in [0.717, 1.165) is 30.6 Å². The van der Waals surface area contributed by atoms with Crippen molar-refractivity contribution in [3.63, 3.8) is 0 Å². The van der Waals surface area contributed by atoms with Crippen molar-refractivity contribution in [1.82, 2.24) is 0 Å². The minimum Gasteiger partial charge on any atom is -0.495 e. The number of ketones is 1. The molecule has 0 heterocycles. The second kappa shape index (κ2) is 11.9. The Morgan fingerprint density at radius 2 is 1.56 bits per heavy atom. The van der Waals surface area contributed by atoms with Crippen LogP contribution in [0.4, 0.5) is 5.69 Å². The zero-order valence-electron chi connectivity index (χ0n) is 18.9. The molecule has 0 aliphatic heterocycles. The van der Waals surface area contributed by atoms with Crippen LogP contribution in [-0.2, 0) is 13.0 Å². The number of Topliss-reactive ketones (excluding diaryl/α,β-unsaturated/α-hetero) is 1. The first-order chi connectivity index (χ1) is 15.6. The van der Waals surface area contributed by atoms with Gasteiger partial charge in [-0.15, -0.1) is 0 Å². The Hall–Kier alpha value is -3.31. The molecular formula is C27H32N2O3. The first-order valence-corrected chi connectivity index (χ1v) is 11.0. The average Bonchev–Trinajstić information content (AvgIpc) is 2.83. The highest BCUT2D eigenvalue weighted by Crippen LogP contribution is 2.36. The van der Waals surface area contributed by atoms with Crippen molar-refractivity contribution in [1.29, 1.82) is 0 Å². The SMILES string of the molecule is COc1cc(C(C)=O)c(OCc2ccccc2)cc1N(CCN)CCCc1ccccc1. The molecule has 0 amide bonds. The van der Waals surface area contributed by atoms with Crippen molar-refractivity contribution in [2.24, 2.45) is 5.73 Å². The molecule has 3 rings (SSSR count). The van der Waals surface area contributed by atoms with Crippen LogP contribution in [-0.4, -0.2) is 32.5 Å². The van der Waals surface area contributed by atoms with E-state index in [1.54, 1.807) is 20.1 Å². The fourth-order valence-corrected chi connectivity index (χ4v) is 3.72. The molecule has 0 radical (unpaired) electrons. The van der Waals surface area contributed by atoms with Crippen LogP contribution in [0.25, 0.3) is 0 Å². The third-order valence-electron chi connectivity index (χ3n) is 5.37. The van der Waals surface area contributed by atoms with Crippen LogP contribution in [0.15, 0.2) is 72.8 Å². The number of carbonyl (C=O) groups is 1. The molecule has 5 nitrogen and oxygen atoms in total. The summed E-state index contributed by atoms with van der Waals surface area (Å²) >= 11 is 0. The van der Waals surface area contributed by atoms with Gasteiger partial charge < -0.3 is 20.1 Å². The third-order valence-corrected chi connectivity index (χ3v) is 5.37. The molecule has 5 heteroatoms. The number of aryl methyl sites for hydroxylation is 1. The van der Waals surface area contributed by atoms with Gasteiger partial charge in [-0.3, -0.25) is 4.79 Å². The number of nitrogens with zero attached hydrogens (tertiary/aromatic N) is 1. The van der Waals surface area contributed by atoms with E-state index in [9.17, 15) is 4.79 Å². The standard InChI is InChI=1S/C27H32N2O3/c1-21(30)24-18-27(31-2)25(19-26(24)32-20-23-12-7-4-8-13-23)29(17-15-28)16-9-14-22-10-5-3-6-11-22/h3-8,10-13,18-19H,9,14-17,20,28H2,1-2H3. The Morgan fingerprint density at radius 1 is 0.906 bits per heavy atom. The summed E-state index contributed by atoms with van der Waals surface area (Å²) in [7, 11) is 1.62. The van der Waals surface area contributed by atoms with Gasteiger partial charge in [0, 0.05) is 25.7 Å². The highest BCUT2D eigenvalue weighted by Gasteiger charge is 2.19. The predicted octanol–water partition coefficient (Wildman–Crippen LogP) is 4.87. The number of benzene rings is 3. The normalized spacial score (nSPS) is 10.6. The molecule has 0 unspecified atom stereocenters. The summed E-state index contributed by atoms with van der Waals surface area (Å²) in [5.74, 6) is 1.14. The second-order valence-electron chi connectivity index (χ2n) is 7.72. The number of anilines is 1. The molecule has 0 saturated carbocycles. The van der Waals surface area contributed by atoms with Gasteiger partial charge in [0.2, 0.25) is 0 Å². The van der Waals surface area contributed by atoms with Gasteiger partial charge in [-0.2, -0.15) is 0 Å². The molecule has 0 spiro atoms. The summed E-state index contributed by atoms with van der Waals surface area (Å²) in [6.45, 7) is 3.95. The Labute approximate surface area is 190 Å². The molecular weight excluding hydrogens is 400 g/mol. The molecule has 2 N–H and O–H groups in total. The molecule has 0 bridgehead atoms. The summed E-state index contributed by atoms with van der Waals surface area (Å²) in [5, 5.41) is 0. The molecule has 168 valence electrons. The lowest BCUT2D eigenvalue weighted by molar-refractivity contribution is 0.101. The number of hydrogen-bond donors (Lipinski definition) is 1. The number of hydrogen-bond acceptors (Lipinski definition) is 5. The molecule has 0 saturated heterocycles. The van der Waals surface area contributed by atoms with Gasteiger partial charge in [0.25, 0.3) is 0 Å². The van der Waals surface area contributed by atoms with E-state index in [0.29, 0.717) is 36.8 Å². The van der Waals surface area contributed by atoms with Crippen molar-refractivity contribution in [2.75, 3.05) is 31.6 Å². The number of nitrogens with two attached hydrogens (primary N) is 1. The number of ether oxygens (including phenoxy) is 2. The van der Waals surface area contributed by atoms with Gasteiger partial charge in [-0.05, 0) is 37.0 Å². The third kappa shape index (κ3) is 6.34. The van der Waals surface area contributed by atoms with Crippen LogP contribution in [0.3, 0.4) is 0 Å². The number of methoxy groups -OCH3 is 1. The molecule has 0 aromatic heterocycles. The van der Waals surface area contributed by atoms with E-state index in [1.807, 2.05) is 42.5 Å². The zero-order chi connectivity index (χ0) is 22.8. The van der Waals surface area contributed by atoms with E-state index in [2.05, 4.69) is 29.2 Å². The van der Waals surface area contributed by atoms with Crippen molar-refractivity contribution in [3.8, 4) is 11.5 Å². The Balaban J connectivity index is 1.84. The number of carbonyl (C=O) groups excluding carboxylic acids is 1. The summed E-state index contributed by atoms with van der Waals surface area (Å²) in [6, 6.07) is 24.0. The van der Waals surface area contributed by atoms with E-state index >= 15 is 0 Å². The molecule has 0 fully saturated rings. The molecule has 0 aliphatic carbocycles. The Bertz CT molecular complexity index is 991. The lowest BCUT2D eigenvalue weighted by atomic mass is 10.1. The highest BCUT2D eigenvalue weighted by atomic mass is 16.5. The maximum atomic E-state index is 12.3. The highest BCUT2D eigenvalue weighted by molar-refractivity contribution is 5.98. The van der Waals surface area contributed by atoms with Gasteiger partial charge in [0.15, 0.2) is 5.78 Å². The first kappa shape index (κ1) is 23.4. The van der Waals surface area contributed by atoms with Crippen LogP contribution in [0.5, 0.6) is 11.5 Å². The maximum Gasteiger partial charge on any atom is 0.163 e. The van der Waals surface area contributed by atoms with Crippen LogP contribution < -0.4 is 20.1 Å². The molecule has 0 aliphatic rings. The second-order valence-corrected chi connectivity index (χ2v) is 7.72. The molecule has 32 heavy (non-hydrogen) atoms. The average molecular weight is 433 g/mol. The van der Waals surface area contributed by atoms with Gasteiger partial charge in [-0.1, -0.05) is 60.7 Å². The summed E-state index contributed by atoms with van der Waals surface area (Å²) in [4.78, 5) is 14.5. The van der Waals surface area contributed by atoms with Gasteiger partial charge in [-0.25, -0.2) is 0 Å². The smallest absolute Gasteiger partial charge is 0.163 e. The largest absolute Gasteiger partial charge is 0.495 e. The fourth-order valence-electron chi connectivity index (χ4n) is 3.72. The van der Waals surface area contributed by atoms with Crippen LogP contribution in [0, 0.1) is 0 Å². The van der Waals surface area contributed by atoms with E-state index in [-0.39, 0.29) is 5.78 Å². The van der Waals surface area contributed by atoms with Gasteiger partial charge in [0.1, 0.15) is 18.1 Å². The molecule has 3 aromatic carbocycles. The van der Waals surface area contributed by atoms with E-state index in [4.69, 9.17) is 15.2 Å². The van der Waals surface area contributed by atoms with Gasteiger partial charge in [0.05, 0.1) is 18.4 Å². The quantitative estimate of drug-likeness (QED) is 0.414. The minimum atomic E-state index is -0.0626. The monoisotopic (exact) mass is 432 g/mol. The van der Waals surface area contributed by atoms with Crippen LogP contribution in [0.1, 0.15) is 34.8 Å².